The normalized spacial score (nSPS) is 19.8. The van der Waals surface area contributed by atoms with Crippen molar-refractivity contribution >= 4 is 17.3 Å². The highest BCUT2D eigenvalue weighted by Gasteiger charge is 2.44. The molecule has 18 heavy (non-hydrogen) atoms. The summed E-state index contributed by atoms with van der Waals surface area (Å²) < 4.78 is 4.76. The van der Waals surface area contributed by atoms with E-state index in [9.17, 15) is 4.79 Å². The minimum Gasteiger partial charge on any atom is -0.465 e. The number of fused-ring (bicyclic) bond motifs is 1. The zero-order valence-electron chi connectivity index (χ0n) is 10.8. The van der Waals surface area contributed by atoms with Crippen LogP contribution >= 0.6 is 0 Å². The summed E-state index contributed by atoms with van der Waals surface area (Å²) in [5.74, 6) is -0.285. The van der Waals surface area contributed by atoms with E-state index in [4.69, 9.17) is 4.74 Å². The number of hydrogen-bond donors (Lipinski definition) is 1. The Kier molecular flexibility index (Phi) is 2.47. The quantitative estimate of drug-likeness (QED) is 0.771. The molecule has 3 rings (SSSR count). The Labute approximate surface area is 107 Å². The van der Waals surface area contributed by atoms with Crippen LogP contribution in [-0.2, 0) is 4.74 Å². The van der Waals surface area contributed by atoms with E-state index in [2.05, 4.69) is 17.3 Å². The standard InChI is InChI=1S/C14H18N2O2/c1-16-9-14(5-6-14)8-15-11-7-10(13(17)18-2)3-4-12(11)16/h3-4,7,15H,5-6,8-9H2,1-2H3. The van der Waals surface area contributed by atoms with Crippen LogP contribution in [0, 0.1) is 5.41 Å². The van der Waals surface area contributed by atoms with E-state index in [0.29, 0.717) is 11.0 Å². The van der Waals surface area contributed by atoms with Gasteiger partial charge in [-0.05, 0) is 31.0 Å². The van der Waals surface area contributed by atoms with Gasteiger partial charge in [0.15, 0.2) is 0 Å². The first-order chi connectivity index (χ1) is 8.63. The van der Waals surface area contributed by atoms with Crippen molar-refractivity contribution in [1.29, 1.82) is 0 Å². The molecule has 1 aliphatic heterocycles. The third-order valence-electron chi connectivity index (χ3n) is 4.01. The second-order valence-electron chi connectivity index (χ2n) is 5.43. The van der Waals surface area contributed by atoms with Crippen molar-refractivity contribution in [3.05, 3.63) is 23.8 Å². The van der Waals surface area contributed by atoms with Crippen LogP contribution in [0.25, 0.3) is 0 Å². The zero-order chi connectivity index (χ0) is 12.8. The number of nitrogens with zero attached hydrogens (tertiary/aromatic N) is 1. The van der Waals surface area contributed by atoms with Gasteiger partial charge in [0.1, 0.15) is 0 Å². The minimum absolute atomic E-state index is 0.285. The van der Waals surface area contributed by atoms with Gasteiger partial charge in [0.25, 0.3) is 0 Å². The second-order valence-corrected chi connectivity index (χ2v) is 5.43. The fourth-order valence-corrected chi connectivity index (χ4v) is 2.69. The number of hydrogen-bond acceptors (Lipinski definition) is 4. The molecule has 1 fully saturated rings. The largest absolute Gasteiger partial charge is 0.465 e. The molecule has 1 N–H and O–H groups in total. The lowest BCUT2D eigenvalue weighted by Gasteiger charge is -2.22. The molecule has 0 atom stereocenters. The molecule has 4 nitrogen and oxygen atoms in total. The van der Waals surface area contributed by atoms with Crippen molar-refractivity contribution in [2.45, 2.75) is 12.8 Å². The molecule has 2 aliphatic rings. The third-order valence-corrected chi connectivity index (χ3v) is 4.01. The second kappa shape index (κ2) is 3.90. The summed E-state index contributed by atoms with van der Waals surface area (Å²) in [7, 11) is 3.52. The molecule has 0 saturated heterocycles. The number of benzene rings is 1. The minimum atomic E-state index is -0.285. The molecule has 1 saturated carbocycles. The highest BCUT2D eigenvalue weighted by Crippen LogP contribution is 2.49. The maximum Gasteiger partial charge on any atom is 0.337 e. The van der Waals surface area contributed by atoms with E-state index in [1.165, 1.54) is 20.0 Å². The van der Waals surface area contributed by atoms with Gasteiger partial charge in [0, 0.05) is 25.6 Å². The molecule has 1 aromatic carbocycles. The molecule has 0 bridgehead atoms. The van der Waals surface area contributed by atoms with Crippen LogP contribution in [0.15, 0.2) is 18.2 Å². The predicted molar refractivity (Wildman–Crippen MR) is 71.2 cm³/mol. The molecule has 0 unspecified atom stereocenters. The van der Waals surface area contributed by atoms with Crippen molar-refractivity contribution in [3.63, 3.8) is 0 Å². The number of nitrogens with one attached hydrogen (secondary N) is 1. The molecule has 1 aliphatic carbocycles. The number of anilines is 2. The molecule has 96 valence electrons. The zero-order valence-corrected chi connectivity index (χ0v) is 10.8. The van der Waals surface area contributed by atoms with Gasteiger partial charge in [-0.3, -0.25) is 0 Å². The van der Waals surface area contributed by atoms with Crippen LogP contribution in [0.4, 0.5) is 11.4 Å². The van der Waals surface area contributed by atoms with Gasteiger partial charge in [0.2, 0.25) is 0 Å². The summed E-state index contributed by atoms with van der Waals surface area (Å²) in [6, 6.07) is 5.71. The van der Waals surface area contributed by atoms with Crippen LogP contribution in [0.1, 0.15) is 23.2 Å². The molecule has 0 radical (unpaired) electrons. The van der Waals surface area contributed by atoms with Gasteiger partial charge in [-0.1, -0.05) is 0 Å². The number of carbonyl (C=O) groups is 1. The van der Waals surface area contributed by atoms with Gasteiger partial charge in [-0.15, -0.1) is 0 Å². The third kappa shape index (κ3) is 1.82. The van der Waals surface area contributed by atoms with Gasteiger partial charge < -0.3 is 15.0 Å². The number of rotatable bonds is 1. The van der Waals surface area contributed by atoms with Gasteiger partial charge in [-0.2, -0.15) is 0 Å². The van der Waals surface area contributed by atoms with Crippen molar-refractivity contribution in [3.8, 4) is 0 Å². The molecule has 0 aromatic heterocycles. The first-order valence-corrected chi connectivity index (χ1v) is 6.31. The topological polar surface area (TPSA) is 41.6 Å². The van der Waals surface area contributed by atoms with Crippen LogP contribution in [0.3, 0.4) is 0 Å². The molecule has 1 heterocycles. The van der Waals surface area contributed by atoms with Gasteiger partial charge >= 0.3 is 5.97 Å². The molecule has 0 amide bonds. The van der Waals surface area contributed by atoms with Crippen molar-refractivity contribution in [1.82, 2.24) is 0 Å². The monoisotopic (exact) mass is 246 g/mol. The highest BCUT2D eigenvalue weighted by atomic mass is 16.5. The Hall–Kier alpha value is -1.71. The smallest absolute Gasteiger partial charge is 0.337 e. The van der Waals surface area contributed by atoms with Crippen LogP contribution in [-0.4, -0.2) is 33.2 Å². The Morgan fingerprint density at radius 3 is 2.89 bits per heavy atom. The van der Waals surface area contributed by atoms with Crippen molar-refractivity contribution < 1.29 is 9.53 Å². The molecular formula is C14H18N2O2. The van der Waals surface area contributed by atoms with Gasteiger partial charge in [-0.25, -0.2) is 4.79 Å². The van der Waals surface area contributed by atoms with E-state index in [0.717, 1.165) is 24.5 Å². The van der Waals surface area contributed by atoms with E-state index in [1.807, 2.05) is 18.2 Å². The Bertz CT molecular complexity index is 495. The van der Waals surface area contributed by atoms with Crippen LogP contribution in [0.5, 0.6) is 0 Å². The molecular weight excluding hydrogens is 228 g/mol. The molecule has 4 heteroatoms. The van der Waals surface area contributed by atoms with E-state index >= 15 is 0 Å². The summed E-state index contributed by atoms with van der Waals surface area (Å²) in [4.78, 5) is 13.8. The van der Waals surface area contributed by atoms with Crippen molar-refractivity contribution in [2.24, 2.45) is 5.41 Å². The summed E-state index contributed by atoms with van der Waals surface area (Å²) in [6.45, 7) is 2.08. The predicted octanol–water partition coefficient (Wildman–Crippen LogP) is 2.12. The van der Waals surface area contributed by atoms with Crippen LogP contribution in [0.2, 0.25) is 0 Å². The molecule has 1 spiro atoms. The molecule has 1 aromatic rings. The van der Waals surface area contributed by atoms with Crippen molar-refractivity contribution in [2.75, 3.05) is 37.5 Å². The Balaban J connectivity index is 1.94. The summed E-state index contributed by atoms with van der Waals surface area (Å²) in [6.07, 6.45) is 2.59. The number of carbonyl (C=O) groups excluding carboxylic acids is 1. The highest BCUT2D eigenvalue weighted by molar-refractivity contribution is 5.92. The van der Waals surface area contributed by atoms with E-state index in [1.54, 1.807) is 0 Å². The lowest BCUT2D eigenvalue weighted by molar-refractivity contribution is 0.0601. The Morgan fingerprint density at radius 1 is 1.44 bits per heavy atom. The fraction of sp³-hybridized carbons (Fsp3) is 0.500. The first kappa shape index (κ1) is 11.4. The lowest BCUT2D eigenvalue weighted by Crippen LogP contribution is -2.27. The van der Waals surface area contributed by atoms with Gasteiger partial charge in [0.05, 0.1) is 24.0 Å². The Morgan fingerprint density at radius 2 is 2.22 bits per heavy atom. The number of methoxy groups -OCH3 is 1. The maximum atomic E-state index is 11.5. The lowest BCUT2D eigenvalue weighted by atomic mass is 10.1. The van der Waals surface area contributed by atoms with E-state index < -0.39 is 0 Å². The average Bonchev–Trinajstić information content (AvgIpc) is 3.16. The summed E-state index contributed by atoms with van der Waals surface area (Å²) in [5.41, 5.74) is 3.23. The summed E-state index contributed by atoms with van der Waals surface area (Å²) in [5, 5.41) is 3.48. The average molecular weight is 246 g/mol. The number of esters is 1. The number of ether oxygens (including phenoxy) is 1. The first-order valence-electron chi connectivity index (χ1n) is 6.31. The van der Waals surface area contributed by atoms with E-state index in [-0.39, 0.29) is 5.97 Å². The maximum absolute atomic E-state index is 11.5. The van der Waals surface area contributed by atoms with Crippen LogP contribution < -0.4 is 10.2 Å². The SMILES string of the molecule is COC(=O)c1ccc2c(c1)NCC1(CC1)CN2C. The fourth-order valence-electron chi connectivity index (χ4n) is 2.69. The summed E-state index contributed by atoms with van der Waals surface area (Å²) >= 11 is 0.